The number of aryl methyl sites for hydroxylation is 1. The van der Waals surface area contributed by atoms with Crippen molar-refractivity contribution in [3.05, 3.63) is 82.5 Å². The third kappa shape index (κ3) is 5.83. The van der Waals surface area contributed by atoms with Crippen LogP contribution in [0.2, 0.25) is 5.02 Å². The second kappa shape index (κ2) is 11.7. The highest BCUT2D eigenvalue weighted by atomic mass is 35.5. The fourth-order valence-corrected chi connectivity index (χ4v) is 5.00. The molecule has 8 heteroatoms. The Bertz CT molecular complexity index is 1460. The highest BCUT2D eigenvalue weighted by molar-refractivity contribution is 6.30. The first-order valence-electron chi connectivity index (χ1n) is 12.6. The van der Waals surface area contributed by atoms with Gasteiger partial charge in [0.25, 0.3) is 5.91 Å². The largest absolute Gasteiger partial charge is 0.495 e. The molecule has 4 aromatic rings. The van der Waals surface area contributed by atoms with E-state index in [0.717, 1.165) is 45.3 Å². The first-order valence-corrected chi connectivity index (χ1v) is 13.0. The van der Waals surface area contributed by atoms with Gasteiger partial charge in [-0.25, -0.2) is 0 Å². The Morgan fingerprint density at radius 3 is 2.42 bits per heavy atom. The summed E-state index contributed by atoms with van der Waals surface area (Å²) in [7, 11) is 1.67. The Morgan fingerprint density at radius 2 is 1.79 bits per heavy atom. The van der Waals surface area contributed by atoms with Crippen molar-refractivity contribution in [1.82, 2.24) is 15.1 Å². The predicted molar refractivity (Wildman–Crippen MR) is 150 cm³/mol. The molecule has 4 rings (SSSR count). The number of aliphatic carboxylic acids is 1. The topological polar surface area (TPSA) is 93.5 Å². The number of nitrogens with zero attached hydrogens (tertiary/aromatic N) is 2. The zero-order valence-electron chi connectivity index (χ0n) is 22.0. The van der Waals surface area contributed by atoms with E-state index >= 15 is 0 Å². The maximum absolute atomic E-state index is 12.4. The van der Waals surface area contributed by atoms with Crippen molar-refractivity contribution >= 4 is 34.4 Å². The fourth-order valence-electron chi connectivity index (χ4n) is 4.77. The summed E-state index contributed by atoms with van der Waals surface area (Å²) >= 11 is 6.18. The zero-order chi connectivity index (χ0) is 27.4. The molecular weight excluding hydrogens is 502 g/mol. The molecule has 1 amide bonds. The van der Waals surface area contributed by atoms with E-state index in [2.05, 4.69) is 31.3 Å². The summed E-state index contributed by atoms with van der Waals surface area (Å²) in [6, 6.07) is 17.3. The van der Waals surface area contributed by atoms with E-state index in [9.17, 15) is 9.59 Å². The van der Waals surface area contributed by atoms with Gasteiger partial charge in [0, 0.05) is 22.7 Å². The molecule has 0 spiro atoms. The molecule has 1 heterocycles. The lowest BCUT2D eigenvalue weighted by Crippen LogP contribution is -2.26. The van der Waals surface area contributed by atoms with Crippen LogP contribution in [0.3, 0.4) is 0 Å². The van der Waals surface area contributed by atoms with Crippen LogP contribution < -0.4 is 10.1 Å². The molecule has 38 heavy (non-hydrogen) atoms. The molecule has 1 atom stereocenters. The minimum Gasteiger partial charge on any atom is -0.495 e. The van der Waals surface area contributed by atoms with Crippen molar-refractivity contribution in [2.45, 2.75) is 39.7 Å². The molecule has 0 aliphatic carbocycles. The molecular formula is C30H32ClN3O4. The highest BCUT2D eigenvalue weighted by Gasteiger charge is 2.22. The molecule has 7 nitrogen and oxygen atoms in total. The lowest BCUT2D eigenvalue weighted by molar-refractivity contribution is -0.136. The number of carboxylic acids is 1. The van der Waals surface area contributed by atoms with E-state index in [1.165, 1.54) is 0 Å². The maximum atomic E-state index is 12.4. The Kier molecular flexibility index (Phi) is 8.37. The molecule has 198 valence electrons. The molecule has 1 unspecified atom stereocenters. The van der Waals surface area contributed by atoms with Gasteiger partial charge < -0.3 is 15.2 Å². The maximum Gasteiger partial charge on any atom is 0.305 e. The highest BCUT2D eigenvalue weighted by Crippen LogP contribution is 2.40. The van der Waals surface area contributed by atoms with Crippen LogP contribution in [0.15, 0.2) is 60.8 Å². The predicted octanol–water partition coefficient (Wildman–Crippen LogP) is 6.51. The van der Waals surface area contributed by atoms with Gasteiger partial charge in [-0.1, -0.05) is 43.6 Å². The van der Waals surface area contributed by atoms with Gasteiger partial charge >= 0.3 is 5.97 Å². The second-order valence-electron chi connectivity index (χ2n) is 9.79. The van der Waals surface area contributed by atoms with E-state index in [1.807, 2.05) is 48.1 Å². The van der Waals surface area contributed by atoms with Crippen LogP contribution in [0.25, 0.3) is 22.0 Å². The van der Waals surface area contributed by atoms with Crippen molar-refractivity contribution in [3.63, 3.8) is 0 Å². The van der Waals surface area contributed by atoms with Crippen LogP contribution in [0.5, 0.6) is 5.75 Å². The summed E-state index contributed by atoms with van der Waals surface area (Å²) in [5, 5.41) is 17.8. The van der Waals surface area contributed by atoms with E-state index < -0.39 is 5.97 Å². The molecule has 0 radical (unpaired) electrons. The number of benzene rings is 3. The first-order chi connectivity index (χ1) is 18.2. The first kappa shape index (κ1) is 27.2. The number of hydrogen-bond acceptors (Lipinski definition) is 4. The Labute approximate surface area is 227 Å². The van der Waals surface area contributed by atoms with Crippen molar-refractivity contribution < 1.29 is 19.4 Å². The SMILES string of the molecule is COc1c(-c2ccc(Cl)cc2C)ccc2c1cnn2C(CC(C)C)c1ccc(C(=O)NCCC(=O)O)cc1. The Hall–Kier alpha value is -3.84. The van der Waals surface area contributed by atoms with Crippen molar-refractivity contribution in [2.24, 2.45) is 5.92 Å². The molecule has 0 fully saturated rings. The number of ether oxygens (including phenoxy) is 1. The number of carboxylic acid groups (broad SMARTS) is 1. The molecule has 0 saturated carbocycles. The van der Waals surface area contributed by atoms with Gasteiger partial charge in [-0.05, 0) is 72.4 Å². The molecule has 0 aliphatic heterocycles. The van der Waals surface area contributed by atoms with Gasteiger partial charge in [-0.15, -0.1) is 0 Å². The number of nitrogens with one attached hydrogen (secondary N) is 1. The number of fused-ring (bicyclic) bond motifs is 1. The number of hydrogen-bond donors (Lipinski definition) is 2. The average molecular weight is 534 g/mol. The Morgan fingerprint density at radius 1 is 1.08 bits per heavy atom. The van der Waals surface area contributed by atoms with E-state index in [1.54, 1.807) is 19.2 Å². The summed E-state index contributed by atoms with van der Waals surface area (Å²) in [6.45, 7) is 6.46. The number of aromatic nitrogens is 2. The Balaban J connectivity index is 1.70. The van der Waals surface area contributed by atoms with Gasteiger partial charge in [-0.2, -0.15) is 5.10 Å². The van der Waals surface area contributed by atoms with Crippen LogP contribution in [0, 0.1) is 12.8 Å². The van der Waals surface area contributed by atoms with Crippen molar-refractivity contribution in [3.8, 4) is 16.9 Å². The van der Waals surface area contributed by atoms with Gasteiger partial charge in [-0.3, -0.25) is 14.3 Å². The third-order valence-corrected chi connectivity index (χ3v) is 6.82. The van der Waals surface area contributed by atoms with E-state index in [0.29, 0.717) is 16.5 Å². The van der Waals surface area contributed by atoms with Crippen LogP contribution >= 0.6 is 11.6 Å². The standard InChI is InChI=1S/C30H32ClN3O4/c1-18(2)15-27(20-5-7-21(8-6-20)30(37)32-14-13-28(35)36)34-26-12-11-24(29(38-4)25(26)17-33-34)23-10-9-22(31)16-19(23)3/h5-12,16-18,27H,13-15H2,1-4H3,(H,32,37)(H,35,36). The van der Waals surface area contributed by atoms with E-state index in [4.69, 9.17) is 26.5 Å². The van der Waals surface area contributed by atoms with Gasteiger partial charge in [0.15, 0.2) is 0 Å². The van der Waals surface area contributed by atoms with E-state index in [-0.39, 0.29) is 24.9 Å². The minimum atomic E-state index is -0.948. The quantitative estimate of drug-likeness (QED) is 0.242. The summed E-state index contributed by atoms with van der Waals surface area (Å²) in [4.78, 5) is 23.1. The number of halogens is 1. The molecule has 0 aliphatic rings. The summed E-state index contributed by atoms with van der Waals surface area (Å²) < 4.78 is 7.93. The van der Waals surface area contributed by atoms with Gasteiger partial charge in [0.05, 0.1) is 36.7 Å². The van der Waals surface area contributed by atoms with Crippen LogP contribution in [0.1, 0.15) is 54.2 Å². The third-order valence-electron chi connectivity index (χ3n) is 6.59. The van der Waals surface area contributed by atoms with Gasteiger partial charge in [0.2, 0.25) is 0 Å². The van der Waals surface area contributed by atoms with Crippen LogP contribution in [0.4, 0.5) is 0 Å². The summed E-state index contributed by atoms with van der Waals surface area (Å²) in [6.07, 6.45) is 2.58. The van der Waals surface area contributed by atoms with Crippen LogP contribution in [-0.4, -0.2) is 40.4 Å². The molecule has 1 aromatic heterocycles. The monoisotopic (exact) mass is 533 g/mol. The van der Waals surface area contributed by atoms with Gasteiger partial charge in [0.1, 0.15) is 5.75 Å². The fraction of sp³-hybridized carbons (Fsp3) is 0.300. The second-order valence-corrected chi connectivity index (χ2v) is 10.2. The minimum absolute atomic E-state index is 0.0514. The van der Waals surface area contributed by atoms with Crippen LogP contribution in [-0.2, 0) is 4.79 Å². The number of carbonyl (C=O) groups is 2. The lowest BCUT2D eigenvalue weighted by atomic mass is 9.95. The lowest BCUT2D eigenvalue weighted by Gasteiger charge is -2.22. The van der Waals surface area contributed by atoms with Crippen molar-refractivity contribution in [1.29, 1.82) is 0 Å². The smallest absolute Gasteiger partial charge is 0.305 e. The number of rotatable bonds is 10. The zero-order valence-corrected chi connectivity index (χ0v) is 22.7. The summed E-state index contributed by atoms with van der Waals surface area (Å²) in [5.41, 5.74) is 5.56. The van der Waals surface area contributed by atoms with Crippen molar-refractivity contribution in [2.75, 3.05) is 13.7 Å². The average Bonchev–Trinajstić information content (AvgIpc) is 3.30. The molecule has 2 N–H and O–H groups in total. The molecule has 0 saturated heterocycles. The summed E-state index contributed by atoms with van der Waals surface area (Å²) in [5.74, 6) is -0.0832. The number of methoxy groups -OCH3 is 1. The normalized spacial score (nSPS) is 12.1. The number of carbonyl (C=O) groups excluding carboxylic acids is 1. The molecule has 3 aromatic carbocycles. The number of amides is 1. The molecule has 0 bridgehead atoms.